The Labute approximate surface area is 76.7 Å². The van der Waals surface area contributed by atoms with Crippen molar-refractivity contribution in [3.05, 3.63) is 0 Å². The van der Waals surface area contributed by atoms with E-state index in [1.54, 1.807) is 0 Å². The van der Waals surface area contributed by atoms with Crippen LogP contribution in [0.3, 0.4) is 0 Å². The van der Waals surface area contributed by atoms with Gasteiger partial charge in [-0.3, -0.25) is 0 Å². The van der Waals surface area contributed by atoms with Crippen LogP contribution in [0.5, 0.6) is 0 Å². The van der Waals surface area contributed by atoms with Crippen LogP contribution in [0, 0.1) is 0 Å². The molecular formula is C9H23N3. The Balaban J connectivity index is 2.91. The van der Waals surface area contributed by atoms with Crippen molar-refractivity contribution < 1.29 is 0 Å². The molecule has 0 amide bonds. The first-order valence-electron chi connectivity index (χ1n) is 4.63. The van der Waals surface area contributed by atoms with Crippen LogP contribution < -0.4 is 5.32 Å². The van der Waals surface area contributed by atoms with Crippen LogP contribution in [0.1, 0.15) is 6.42 Å². The lowest BCUT2D eigenvalue weighted by Crippen LogP contribution is -2.28. The van der Waals surface area contributed by atoms with Crippen LogP contribution in [0.25, 0.3) is 0 Å². The molecule has 12 heavy (non-hydrogen) atoms. The topological polar surface area (TPSA) is 18.5 Å². The zero-order valence-electron chi connectivity index (χ0n) is 8.93. The fourth-order valence-electron chi connectivity index (χ4n) is 0.948. The number of nitrogens with one attached hydrogen (secondary N) is 1. The Morgan fingerprint density at radius 1 is 0.833 bits per heavy atom. The van der Waals surface area contributed by atoms with Gasteiger partial charge in [0.25, 0.3) is 0 Å². The second kappa shape index (κ2) is 7.53. The summed E-state index contributed by atoms with van der Waals surface area (Å²) in [7, 11) is 8.42. The highest BCUT2D eigenvalue weighted by molar-refractivity contribution is 4.52. The van der Waals surface area contributed by atoms with Crippen molar-refractivity contribution in [2.75, 3.05) is 54.4 Å². The van der Waals surface area contributed by atoms with Crippen molar-refractivity contribution in [3.8, 4) is 0 Å². The predicted octanol–water partition coefficient (Wildman–Crippen LogP) is 0.0893. The summed E-state index contributed by atoms with van der Waals surface area (Å²) in [6.45, 7) is 4.53. The summed E-state index contributed by atoms with van der Waals surface area (Å²) in [5, 5.41) is 3.40. The number of hydrogen-bond acceptors (Lipinski definition) is 3. The molecule has 0 aromatic heterocycles. The van der Waals surface area contributed by atoms with Crippen LogP contribution >= 0.6 is 0 Å². The van der Waals surface area contributed by atoms with E-state index < -0.39 is 0 Å². The fourth-order valence-corrected chi connectivity index (χ4v) is 0.948. The number of nitrogens with zero attached hydrogens (tertiary/aromatic N) is 2. The highest BCUT2D eigenvalue weighted by atomic mass is 15.1. The van der Waals surface area contributed by atoms with Crippen molar-refractivity contribution in [1.29, 1.82) is 0 Å². The van der Waals surface area contributed by atoms with E-state index in [1.165, 1.54) is 13.0 Å². The maximum atomic E-state index is 3.40. The van der Waals surface area contributed by atoms with Gasteiger partial charge in [-0.05, 0) is 47.7 Å². The summed E-state index contributed by atoms with van der Waals surface area (Å²) in [6.07, 6.45) is 1.24. The SMILES string of the molecule is CN(C)CCCNCCN(C)C. The van der Waals surface area contributed by atoms with E-state index in [-0.39, 0.29) is 0 Å². The molecule has 0 atom stereocenters. The molecule has 0 bridgehead atoms. The highest BCUT2D eigenvalue weighted by Gasteiger charge is 1.91. The molecule has 0 spiro atoms. The number of hydrogen-bond donors (Lipinski definition) is 1. The summed E-state index contributed by atoms with van der Waals surface area (Å²) in [5.41, 5.74) is 0. The molecule has 1 N–H and O–H groups in total. The largest absolute Gasteiger partial charge is 0.315 e. The highest BCUT2D eigenvalue weighted by Crippen LogP contribution is 1.80. The summed E-state index contributed by atoms with van der Waals surface area (Å²) in [4.78, 5) is 4.41. The van der Waals surface area contributed by atoms with Crippen molar-refractivity contribution >= 4 is 0 Å². The van der Waals surface area contributed by atoms with Gasteiger partial charge < -0.3 is 15.1 Å². The van der Waals surface area contributed by atoms with Crippen molar-refractivity contribution in [1.82, 2.24) is 15.1 Å². The van der Waals surface area contributed by atoms with E-state index in [2.05, 4.69) is 43.3 Å². The van der Waals surface area contributed by atoms with Gasteiger partial charge in [0.05, 0.1) is 0 Å². The van der Waals surface area contributed by atoms with Gasteiger partial charge in [-0.15, -0.1) is 0 Å². The molecule has 3 heteroatoms. The van der Waals surface area contributed by atoms with E-state index in [1.807, 2.05) is 0 Å². The van der Waals surface area contributed by atoms with Crippen molar-refractivity contribution in [3.63, 3.8) is 0 Å². The summed E-state index contributed by atoms with van der Waals surface area (Å²) >= 11 is 0. The molecule has 0 unspecified atom stereocenters. The van der Waals surface area contributed by atoms with E-state index in [0.29, 0.717) is 0 Å². The quantitative estimate of drug-likeness (QED) is 0.550. The molecule has 0 aromatic carbocycles. The summed E-state index contributed by atoms with van der Waals surface area (Å²) < 4.78 is 0. The average molecular weight is 173 g/mol. The lowest BCUT2D eigenvalue weighted by atomic mass is 10.4. The van der Waals surface area contributed by atoms with Crippen molar-refractivity contribution in [2.24, 2.45) is 0 Å². The normalized spacial score (nSPS) is 11.5. The Bertz CT molecular complexity index is 79.8. The van der Waals surface area contributed by atoms with Gasteiger partial charge in [0.15, 0.2) is 0 Å². The van der Waals surface area contributed by atoms with Crippen LogP contribution in [0.4, 0.5) is 0 Å². The first kappa shape index (κ1) is 11.9. The maximum Gasteiger partial charge on any atom is 0.0101 e. The minimum Gasteiger partial charge on any atom is -0.315 e. The van der Waals surface area contributed by atoms with Crippen LogP contribution in [-0.4, -0.2) is 64.2 Å². The first-order valence-corrected chi connectivity index (χ1v) is 4.63. The summed E-state index contributed by atoms with van der Waals surface area (Å²) in [6, 6.07) is 0. The van der Waals surface area contributed by atoms with E-state index in [0.717, 1.165) is 19.6 Å². The molecular weight excluding hydrogens is 150 g/mol. The molecule has 0 radical (unpaired) electrons. The molecule has 0 aliphatic rings. The lowest BCUT2D eigenvalue weighted by molar-refractivity contribution is 0.377. The zero-order chi connectivity index (χ0) is 9.40. The lowest BCUT2D eigenvalue weighted by Gasteiger charge is -2.12. The van der Waals surface area contributed by atoms with E-state index in [4.69, 9.17) is 0 Å². The molecule has 0 aliphatic carbocycles. The smallest absolute Gasteiger partial charge is 0.0101 e. The minimum atomic E-state index is 1.10. The first-order chi connectivity index (χ1) is 5.63. The second-order valence-electron chi connectivity index (χ2n) is 3.71. The third kappa shape index (κ3) is 9.88. The number of rotatable bonds is 7. The molecule has 0 aliphatic heterocycles. The van der Waals surface area contributed by atoms with Crippen LogP contribution in [0.2, 0.25) is 0 Å². The summed E-state index contributed by atoms with van der Waals surface area (Å²) in [5.74, 6) is 0. The molecule has 3 nitrogen and oxygen atoms in total. The van der Waals surface area contributed by atoms with Gasteiger partial charge >= 0.3 is 0 Å². The van der Waals surface area contributed by atoms with Gasteiger partial charge in [-0.2, -0.15) is 0 Å². The molecule has 0 saturated heterocycles. The Kier molecular flexibility index (Phi) is 7.45. The Hall–Kier alpha value is -0.120. The molecule has 74 valence electrons. The van der Waals surface area contributed by atoms with Crippen LogP contribution in [0.15, 0.2) is 0 Å². The maximum absolute atomic E-state index is 3.40. The molecule has 0 heterocycles. The molecule has 0 fully saturated rings. The van der Waals surface area contributed by atoms with Gasteiger partial charge in [0.2, 0.25) is 0 Å². The minimum absolute atomic E-state index is 1.10. The monoisotopic (exact) mass is 173 g/mol. The molecule has 0 aromatic rings. The van der Waals surface area contributed by atoms with Crippen molar-refractivity contribution in [2.45, 2.75) is 6.42 Å². The van der Waals surface area contributed by atoms with Gasteiger partial charge in [-0.1, -0.05) is 0 Å². The predicted molar refractivity (Wildman–Crippen MR) is 54.6 cm³/mol. The fraction of sp³-hybridized carbons (Fsp3) is 1.00. The third-order valence-electron chi connectivity index (χ3n) is 1.69. The van der Waals surface area contributed by atoms with Crippen LogP contribution in [-0.2, 0) is 0 Å². The second-order valence-corrected chi connectivity index (χ2v) is 3.71. The van der Waals surface area contributed by atoms with E-state index >= 15 is 0 Å². The zero-order valence-corrected chi connectivity index (χ0v) is 8.93. The van der Waals surface area contributed by atoms with Gasteiger partial charge in [-0.25, -0.2) is 0 Å². The Morgan fingerprint density at radius 3 is 1.92 bits per heavy atom. The average Bonchev–Trinajstić information content (AvgIpc) is 1.95. The van der Waals surface area contributed by atoms with Gasteiger partial charge in [0.1, 0.15) is 0 Å². The molecule has 0 rings (SSSR count). The Morgan fingerprint density at radius 2 is 1.42 bits per heavy atom. The van der Waals surface area contributed by atoms with E-state index in [9.17, 15) is 0 Å². The third-order valence-corrected chi connectivity index (χ3v) is 1.69. The molecule has 0 saturated carbocycles. The number of likely N-dealkylation sites (N-methyl/N-ethyl adjacent to an activating group) is 1. The standard InChI is InChI=1S/C9H23N3/c1-11(2)8-5-6-10-7-9-12(3)4/h10H,5-9H2,1-4H3. The van der Waals surface area contributed by atoms with Gasteiger partial charge in [0, 0.05) is 13.1 Å².